The summed E-state index contributed by atoms with van der Waals surface area (Å²) in [5.74, 6) is 1.32. The van der Waals surface area contributed by atoms with Gasteiger partial charge in [-0.05, 0) is 141 Å². The SMILES string of the molecule is N#Cc1ccc(-c2ccc(-c3nc(-c4ccc(-c5ccccc5C#N)cc4-n4c5ccccc5c5cc(-c6ccccc6)ccc54)nc(-c4ccc(-c5ccccc5C#N)cc4-n4c5ccccc5c5cc(-c6ccccc6)ccc54)n3)cc2)cc1. The lowest BCUT2D eigenvalue weighted by Gasteiger charge is -2.18. The van der Waals surface area contributed by atoms with E-state index in [1.54, 1.807) is 0 Å². The number of nitriles is 3. The van der Waals surface area contributed by atoms with Crippen molar-refractivity contribution in [1.29, 1.82) is 15.8 Å². The third-order valence-electron chi connectivity index (χ3n) is 16.4. The lowest BCUT2D eigenvalue weighted by atomic mass is 9.97. The minimum atomic E-state index is 0.433. The molecular formula is C78H46N8. The highest BCUT2D eigenvalue weighted by atomic mass is 15.1. The van der Waals surface area contributed by atoms with Crippen molar-refractivity contribution < 1.29 is 0 Å². The monoisotopic (exact) mass is 1090 g/mol. The molecule has 15 rings (SSSR count). The van der Waals surface area contributed by atoms with E-state index < -0.39 is 0 Å². The van der Waals surface area contributed by atoms with Crippen LogP contribution in [0.1, 0.15) is 16.7 Å². The number of aromatic nitrogens is 5. The van der Waals surface area contributed by atoms with Gasteiger partial charge in [0.2, 0.25) is 0 Å². The second kappa shape index (κ2) is 21.2. The Balaban J connectivity index is 1.02. The van der Waals surface area contributed by atoms with E-state index in [-0.39, 0.29) is 0 Å². The van der Waals surface area contributed by atoms with Gasteiger partial charge in [-0.1, -0.05) is 194 Å². The van der Waals surface area contributed by atoms with Gasteiger partial charge in [0.25, 0.3) is 0 Å². The van der Waals surface area contributed by atoms with Crippen LogP contribution in [0.5, 0.6) is 0 Å². The van der Waals surface area contributed by atoms with Crippen molar-refractivity contribution in [2.24, 2.45) is 0 Å². The van der Waals surface area contributed by atoms with E-state index in [1.807, 2.05) is 97.1 Å². The molecule has 3 aromatic heterocycles. The van der Waals surface area contributed by atoms with E-state index in [4.69, 9.17) is 15.0 Å². The Morgan fingerprint density at radius 2 is 0.605 bits per heavy atom. The van der Waals surface area contributed by atoms with Crippen LogP contribution in [-0.2, 0) is 0 Å². The molecule has 398 valence electrons. The van der Waals surface area contributed by atoms with Gasteiger partial charge in [0.15, 0.2) is 17.5 Å². The first-order valence-corrected chi connectivity index (χ1v) is 28.3. The molecule has 0 aliphatic heterocycles. The summed E-state index contributed by atoms with van der Waals surface area (Å²) in [4.78, 5) is 16.6. The fourth-order valence-corrected chi connectivity index (χ4v) is 12.2. The second-order valence-electron chi connectivity index (χ2n) is 21.3. The van der Waals surface area contributed by atoms with Crippen molar-refractivity contribution in [1.82, 2.24) is 24.1 Å². The van der Waals surface area contributed by atoms with Crippen LogP contribution in [0.4, 0.5) is 0 Å². The van der Waals surface area contributed by atoms with Gasteiger partial charge in [0.1, 0.15) is 0 Å². The van der Waals surface area contributed by atoms with Crippen molar-refractivity contribution in [3.05, 3.63) is 296 Å². The smallest absolute Gasteiger partial charge is 0.166 e. The average Bonchev–Trinajstić information content (AvgIpc) is 1.97. The fraction of sp³-hybridized carbons (Fsp3) is 0. The average molecular weight is 1100 g/mol. The molecule has 0 amide bonds. The molecule has 3 heterocycles. The summed E-state index contributed by atoms with van der Waals surface area (Å²) in [6, 6.07) is 102. The lowest BCUT2D eigenvalue weighted by Crippen LogP contribution is -2.06. The maximum atomic E-state index is 10.5. The van der Waals surface area contributed by atoms with Crippen LogP contribution in [-0.4, -0.2) is 24.1 Å². The van der Waals surface area contributed by atoms with Gasteiger partial charge in [-0.25, -0.2) is 15.0 Å². The zero-order chi connectivity index (χ0) is 57.7. The molecule has 0 aliphatic carbocycles. The molecular weight excluding hydrogens is 1050 g/mol. The Kier molecular flexibility index (Phi) is 12.5. The molecule has 0 bridgehead atoms. The minimum absolute atomic E-state index is 0.433. The predicted octanol–water partition coefficient (Wildman–Crippen LogP) is 19.0. The van der Waals surface area contributed by atoms with Gasteiger partial charge in [0, 0.05) is 38.2 Å². The van der Waals surface area contributed by atoms with Crippen LogP contribution < -0.4 is 0 Å². The van der Waals surface area contributed by atoms with Crippen LogP contribution >= 0.6 is 0 Å². The molecule has 8 heteroatoms. The summed E-state index contributed by atoms with van der Waals surface area (Å²) in [5, 5.41) is 34.9. The zero-order valence-corrected chi connectivity index (χ0v) is 46.1. The van der Waals surface area contributed by atoms with E-state index in [2.05, 4.69) is 209 Å². The van der Waals surface area contributed by atoms with Crippen molar-refractivity contribution in [3.8, 4) is 119 Å². The largest absolute Gasteiger partial charge is 0.308 e. The van der Waals surface area contributed by atoms with Gasteiger partial charge >= 0.3 is 0 Å². The molecule has 15 aromatic rings. The Labute approximate surface area is 495 Å². The van der Waals surface area contributed by atoms with Crippen molar-refractivity contribution >= 4 is 43.6 Å². The third-order valence-corrected chi connectivity index (χ3v) is 16.4. The van der Waals surface area contributed by atoms with Gasteiger partial charge < -0.3 is 9.13 Å². The van der Waals surface area contributed by atoms with Crippen molar-refractivity contribution in [2.45, 2.75) is 0 Å². The Morgan fingerprint density at radius 3 is 1.07 bits per heavy atom. The summed E-state index contributed by atoms with van der Waals surface area (Å²) in [6.07, 6.45) is 0. The summed E-state index contributed by atoms with van der Waals surface area (Å²) in [7, 11) is 0. The molecule has 0 N–H and O–H groups in total. The van der Waals surface area contributed by atoms with E-state index in [0.717, 1.165) is 127 Å². The van der Waals surface area contributed by atoms with E-state index in [1.165, 1.54) is 0 Å². The normalized spacial score (nSPS) is 11.2. The number of nitrogens with zero attached hydrogens (tertiary/aromatic N) is 8. The quantitative estimate of drug-likeness (QED) is 0.135. The fourth-order valence-electron chi connectivity index (χ4n) is 12.2. The first kappa shape index (κ1) is 50.7. The highest BCUT2D eigenvalue weighted by molar-refractivity contribution is 6.12. The van der Waals surface area contributed by atoms with Gasteiger partial charge in [-0.15, -0.1) is 0 Å². The Bertz CT molecular complexity index is 5030. The molecule has 0 spiro atoms. The summed E-state index contributed by atoms with van der Waals surface area (Å²) in [5.41, 5.74) is 19.3. The van der Waals surface area contributed by atoms with Gasteiger partial charge in [-0.2, -0.15) is 15.8 Å². The highest BCUT2D eigenvalue weighted by Crippen LogP contribution is 2.43. The Morgan fingerprint density at radius 1 is 0.244 bits per heavy atom. The molecule has 0 aliphatic rings. The first-order valence-electron chi connectivity index (χ1n) is 28.3. The highest BCUT2D eigenvalue weighted by Gasteiger charge is 2.25. The predicted molar refractivity (Wildman–Crippen MR) is 346 cm³/mol. The third kappa shape index (κ3) is 8.82. The van der Waals surface area contributed by atoms with Gasteiger partial charge in [-0.3, -0.25) is 0 Å². The number of rotatable bonds is 10. The van der Waals surface area contributed by atoms with E-state index >= 15 is 0 Å². The standard InChI is InChI=1S/C78H46N8/c79-47-50-27-29-53(30-28-50)54-31-33-55(34-32-54)76-82-77(66-39-35-58(62-21-9-7-19-60(62)48-80)45-74(66)85-70-25-13-11-23-64(70)68-43-56(37-41-72(68)85)51-15-3-1-4-16-51)84-78(83-76)67-40-36-59(63-22-10-8-20-61(63)49-81)46-75(67)86-71-26-14-12-24-65(71)69-44-57(38-42-73(69)86)52-17-5-2-6-18-52/h1-46H. The molecule has 0 radical (unpaired) electrons. The van der Waals surface area contributed by atoms with Crippen molar-refractivity contribution in [2.75, 3.05) is 0 Å². The first-order chi connectivity index (χ1) is 42.5. The molecule has 0 saturated carbocycles. The molecule has 0 unspecified atom stereocenters. The van der Waals surface area contributed by atoms with Crippen LogP contribution in [0, 0.1) is 34.0 Å². The van der Waals surface area contributed by atoms with Crippen LogP contribution in [0.3, 0.4) is 0 Å². The molecule has 0 saturated heterocycles. The van der Waals surface area contributed by atoms with Gasteiger partial charge in [0.05, 0.1) is 68.3 Å². The Hall–Kier alpha value is -12.3. The maximum absolute atomic E-state index is 10.5. The molecule has 12 aromatic carbocycles. The summed E-state index contributed by atoms with van der Waals surface area (Å²) < 4.78 is 4.61. The summed E-state index contributed by atoms with van der Waals surface area (Å²) >= 11 is 0. The number of benzene rings is 12. The number of hydrogen-bond donors (Lipinski definition) is 0. The molecule has 8 nitrogen and oxygen atoms in total. The lowest BCUT2D eigenvalue weighted by molar-refractivity contribution is 1.06. The number of fused-ring (bicyclic) bond motifs is 6. The molecule has 0 atom stereocenters. The maximum Gasteiger partial charge on any atom is 0.166 e. The number of hydrogen-bond acceptors (Lipinski definition) is 6. The van der Waals surface area contributed by atoms with E-state index in [0.29, 0.717) is 34.2 Å². The summed E-state index contributed by atoms with van der Waals surface area (Å²) in [6.45, 7) is 0. The van der Waals surface area contributed by atoms with Crippen LogP contribution in [0.2, 0.25) is 0 Å². The van der Waals surface area contributed by atoms with Crippen molar-refractivity contribution in [3.63, 3.8) is 0 Å². The molecule has 86 heavy (non-hydrogen) atoms. The number of para-hydroxylation sites is 2. The van der Waals surface area contributed by atoms with E-state index in [9.17, 15) is 15.8 Å². The van der Waals surface area contributed by atoms with Crippen LogP contribution in [0.25, 0.3) is 145 Å². The molecule has 0 fully saturated rings. The minimum Gasteiger partial charge on any atom is -0.308 e. The topological polar surface area (TPSA) is 120 Å². The zero-order valence-electron chi connectivity index (χ0n) is 46.1. The van der Waals surface area contributed by atoms with Crippen LogP contribution in [0.15, 0.2) is 279 Å². The second-order valence-corrected chi connectivity index (χ2v) is 21.3.